The van der Waals surface area contributed by atoms with Gasteiger partial charge in [-0.25, -0.2) is 0 Å². The first kappa shape index (κ1) is 13.9. The lowest BCUT2D eigenvalue weighted by molar-refractivity contribution is 0.218. The molecule has 0 aromatic carbocycles. The van der Waals surface area contributed by atoms with Gasteiger partial charge in [-0.15, -0.1) is 0 Å². The minimum absolute atomic E-state index is 0.686. The van der Waals surface area contributed by atoms with E-state index in [1.807, 2.05) is 0 Å². The van der Waals surface area contributed by atoms with Crippen LogP contribution in [0.2, 0.25) is 0 Å². The van der Waals surface area contributed by atoms with Crippen molar-refractivity contribution in [1.82, 2.24) is 10.2 Å². The lowest BCUT2D eigenvalue weighted by Crippen LogP contribution is -2.37. The first-order chi connectivity index (χ1) is 6.72. The Morgan fingerprint density at radius 3 is 2.29 bits per heavy atom. The summed E-state index contributed by atoms with van der Waals surface area (Å²) in [5.41, 5.74) is 0. The molecule has 0 fully saturated rings. The molecule has 2 heteroatoms. The van der Waals surface area contributed by atoms with Crippen molar-refractivity contribution in [2.24, 2.45) is 0 Å². The predicted molar refractivity (Wildman–Crippen MR) is 64.8 cm³/mol. The third-order valence-electron chi connectivity index (χ3n) is 2.60. The van der Waals surface area contributed by atoms with E-state index in [1.54, 1.807) is 0 Å². The number of likely N-dealkylation sites (N-methyl/N-ethyl adjacent to an activating group) is 1. The molecule has 0 saturated heterocycles. The van der Waals surface area contributed by atoms with Gasteiger partial charge in [0, 0.05) is 19.1 Å². The molecule has 0 bridgehead atoms. The van der Waals surface area contributed by atoms with Crippen molar-refractivity contribution in [2.75, 3.05) is 26.2 Å². The molecule has 0 aliphatic carbocycles. The Hall–Kier alpha value is -0.0800. The second kappa shape index (κ2) is 9.47. The molecule has 2 nitrogen and oxygen atoms in total. The lowest BCUT2D eigenvalue weighted by Gasteiger charge is -2.26. The van der Waals surface area contributed by atoms with Crippen LogP contribution in [0.3, 0.4) is 0 Å². The van der Waals surface area contributed by atoms with E-state index in [4.69, 9.17) is 0 Å². The molecule has 0 aliphatic rings. The fourth-order valence-electron chi connectivity index (χ4n) is 1.59. The number of nitrogens with zero attached hydrogens (tertiary/aromatic N) is 1. The molecule has 0 aliphatic heterocycles. The van der Waals surface area contributed by atoms with Gasteiger partial charge in [0.2, 0.25) is 0 Å². The summed E-state index contributed by atoms with van der Waals surface area (Å²) in [6.07, 6.45) is 4.03. The van der Waals surface area contributed by atoms with Crippen LogP contribution in [0.4, 0.5) is 0 Å². The topological polar surface area (TPSA) is 15.3 Å². The van der Waals surface area contributed by atoms with E-state index in [0.717, 1.165) is 13.1 Å². The first-order valence-corrected chi connectivity index (χ1v) is 6.17. The molecule has 86 valence electrons. The highest BCUT2D eigenvalue weighted by Crippen LogP contribution is 2.02. The van der Waals surface area contributed by atoms with Crippen LogP contribution < -0.4 is 5.32 Å². The molecule has 0 aromatic heterocycles. The summed E-state index contributed by atoms with van der Waals surface area (Å²) in [7, 11) is 0. The van der Waals surface area contributed by atoms with Gasteiger partial charge < -0.3 is 5.32 Å². The molecule has 0 atom stereocenters. The summed E-state index contributed by atoms with van der Waals surface area (Å²) >= 11 is 0. The van der Waals surface area contributed by atoms with Crippen LogP contribution in [0.15, 0.2) is 0 Å². The smallest absolute Gasteiger partial charge is 0.0110 e. The lowest BCUT2D eigenvalue weighted by atomic mass is 10.2. The van der Waals surface area contributed by atoms with Crippen LogP contribution >= 0.6 is 0 Å². The van der Waals surface area contributed by atoms with Crippen LogP contribution in [-0.2, 0) is 0 Å². The Morgan fingerprint density at radius 1 is 1.07 bits per heavy atom. The van der Waals surface area contributed by atoms with Crippen molar-refractivity contribution in [3.05, 3.63) is 0 Å². The second-order valence-corrected chi connectivity index (χ2v) is 4.19. The zero-order chi connectivity index (χ0) is 10.8. The molecule has 1 N–H and O–H groups in total. The van der Waals surface area contributed by atoms with Gasteiger partial charge in [0.1, 0.15) is 0 Å². The van der Waals surface area contributed by atoms with Crippen molar-refractivity contribution >= 4 is 0 Å². The highest BCUT2D eigenvalue weighted by atomic mass is 15.2. The highest BCUT2D eigenvalue weighted by molar-refractivity contribution is 4.64. The number of unbranched alkanes of at least 4 members (excludes halogenated alkanes) is 2. The maximum absolute atomic E-state index is 3.38. The minimum atomic E-state index is 0.686. The fraction of sp³-hybridized carbons (Fsp3) is 1.00. The van der Waals surface area contributed by atoms with Gasteiger partial charge in [-0.1, -0.05) is 26.7 Å². The Labute approximate surface area is 90.1 Å². The average Bonchev–Trinajstić information content (AvgIpc) is 2.15. The van der Waals surface area contributed by atoms with Gasteiger partial charge in [0.05, 0.1) is 0 Å². The van der Waals surface area contributed by atoms with E-state index in [-0.39, 0.29) is 0 Å². The molecule has 0 heterocycles. The average molecular weight is 200 g/mol. The van der Waals surface area contributed by atoms with Gasteiger partial charge in [-0.2, -0.15) is 0 Å². The monoisotopic (exact) mass is 200 g/mol. The van der Waals surface area contributed by atoms with Gasteiger partial charge >= 0.3 is 0 Å². The molecule has 0 radical (unpaired) electrons. The normalized spacial score (nSPS) is 11.6. The van der Waals surface area contributed by atoms with Crippen LogP contribution in [0.25, 0.3) is 0 Å². The zero-order valence-corrected chi connectivity index (χ0v) is 10.5. The SMILES string of the molecule is CCCCCN(CCNCC)C(C)C. The van der Waals surface area contributed by atoms with E-state index in [1.165, 1.54) is 32.4 Å². The molecule has 0 amide bonds. The minimum Gasteiger partial charge on any atom is -0.316 e. The maximum atomic E-state index is 3.38. The fourth-order valence-corrected chi connectivity index (χ4v) is 1.59. The summed E-state index contributed by atoms with van der Waals surface area (Å²) in [5, 5.41) is 3.38. The third-order valence-corrected chi connectivity index (χ3v) is 2.60. The van der Waals surface area contributed by atoms with E-state index in [2.05, 4.69) is 37.9 Å². The van der Waals surface area contributed by atoms with Gasteiger partial charge in [-0.05, 0) is 33.4 Å². The van der Waals surface area contributed by atoms with E-state index >= 15 is 0 Å². The van der Waals surface area contributed by atoms with Crippen LogP contribution in [-0.4, -0.2) is 37.1 Å². The quantitative estimate of drug-likeness (QED) is 0.575. The van der Waals surface area contributed by atoms with Crippen molar-refractivity contribution in [3.8, 4) is 0 Å². The molecule has 0 aromatic rings. The predicted octanol–water partition coefficient (Wildman–Crippen LogP) is 2.50. The summed E-state index contributed by atoms with van der Waals surface area (Å²) in [5.74, 6) is 0. The van der Waals surface area contributed by atoms with Crippen molar-refractivity contribution in [3.63, 3.8) is 0 Å². The highest BCUT2D eigenvalue weighted by Gasteiger charge is 2.07. The van der Waals surface area contributed by atoms with Crippen molar-refractivity contribution < 1.29 is 0 Å². The number of hydrogen-bond donors (Lipinski definition) is 1. The Morgan fingerprint density at radius 2 is 1.79 bits per heavy atom. The molecule has 0 rings (SSSR count). The second-order valence-electron chi connectivity index (χ2n) is 4.19. The molecule has 0 spiro atoms. The van der Waals surface area contributed by atoms with Gasteiger partial charge in [-0.3, -0.25) is 4.90 Å². The Bertz CT molecular complexity index is 103. The largest absolute Gasteiger partial charge is 0.316 e. The molecule has 0 saturated carbocycles. The summed E-state index contributed by atoms with van der Waals surface area (Å²) in [4.78, 5) is 2.57. The van der Waals surface area contributed by atoms with Crippen LogP contribution in [0, 0.1) is 0 Å². The Balaban J connectivity index is 3.55. The standard InChI is InChI=1S/C12H28N2/c1-5-7-8-10-14(12(3)4)11-9-13-6-2/h12-13H,5-11H2,1-4H3. The summed E-state index contributed by atoms with van der Waals surface area (Å²) in [6, 6.07) is 0.686. The van der Waals surface area contributed by atoms with Crippen molar-refractivity contribution in [1.29, 1.82) is 0 Å². The number of rotatable bonds is 9. The third kappa shape index (κ3) is 7.34. The van der Waals surface area contributed by atoms with Crippen molar-refractivity contribution in [2.45, 2.75) is 53.0 Å². The molecular weight excluding hydrogens is 172 g/mol. The van der Waals surface area contributed by atoms with Gasteiger partial charge in [0.25, 0.3) is 0 Å². The van der Waals surface area contributed by atoms with E-state index < -0.39 is 0 Å². The zero-order valence-electron chi connectivity index (χ0n) is 10.5. The summed E-state index contributed by atoms with van der Waals surface area (Å²) < 4.78 is 0. The Kier molecular flexibility index (Phi) is 9.42. The van der Waals surface area contributed by atoms with Crippen LogP contribution in [0.5, 0.6) is 0 Å². The number of hydrogen-bond acceptors (Lipinski definition) is 2. The maximum Gasteiger partial charge on any atom is 0.0110 e. The number of nitrogens with one attached hydrogen (secondary N) is 1. The van der Waals surface area contributed by atoms with E-state index in [9.17, 15) is 0 Å². The molecule has 0 unspecified atom stereocenters. The first-order valence-electron chi connectivity index (χ1n) is 6.17. The molecular formula is C12H28N2. The van der Waals surface area contributed by atoms with Gasteiger partial charge in [0.15, 0.2) is 0 Å². The van der Waals surface area contributed by atoms with Crippen LogP contribution in [0.1, 0.15) is 47.0 Å². The summed E-state index contributed by atoms with van der Waals surface area (Å²) in [6.45, 7) is 13.7. The molecule has 14 heavy (non-hydrogen) atoms. The van der Waals surface area contributed by atoms with E-state index in [0.29, 0.717) is 6.04 Å².